The van der Waals surface area contributed by atoms with Crippen LogP contribution in [0.1, 0.15) is 60.5 Å². The zero-order valence-electron chi connectivity index (χ0n) is 21.8. The van der Waals surface area contributed by atoms with E-state index in [1.807, 2.05) is 58.1 Å². The van der Waals surface area contributed by atoms with E-state index in [0.717, 1.165) is 12.0 Å². The highest BCUT2D eigenvalue weighted by molar-refractivity contribution is 6.42. The molecule has 8 heteroatoms. The fraction of sp³-hybridized carbons (Fsp3) is 0.483. The maximum Gasteiger partial charge on any atom is 0.253 e. The quantitative estimate of drug-likeness (QED) is 0.516. The number of carbonyl (C=O) groups is 3. The van der Waals surface area contributed by atoms with E-state index >= 15 is 0 Å². The lowest BCUT2D eigenvalue weighted by Crippen LogP contribution is -2.53. The van der Waals surface area contributed by atoms with Gasteiger partial charge in [-0.2, -0.15) is 0 Å². The molecule has 2 atom stereocenters. The number of likely N-dealkylation sites (tertiary alicyclic amines) is 2. The fourth-order valence-electron chi connectivity index (χ4n) is 5.61. The summed E-state index contributed by atoms with van der Waals surface area (Å²) in [5.41, 5.74) is 2.81. The molecule has 0 aliphatic carbocycles. The van der Waals surface area contributed by atoms with Crippen molar-refractivity contribution in [2.75, 3.05) is 33.2 Å². The first kappa shape index (κ1) is 27.5. The maximum atomic E-state index is 13.5. The van der Waals surface area contributed by atoms with Crippen molar-refractivity contribution in [3.05, 3.63) is 69.2 Å². The van der Waals surface area contributed by atoms with Gasteiger partial charge in [0.1, 0.15) is 0 Å². The third-order valence-electron chi connectivity index (χ3n) is 7.98. The molecule has 0 saturated carbocycles. The first-order valence-corrected chi connectivity index (χ1v) is 13.8. The number of hydrogen-bond donors (Lipinski definition) is 0. The van der Waals surface area contributed by atoms with Gasteiger partial charge in [-0.1, -0.05) is 48.3 Å². The monoisotopic (exact) mass is 543 g/mol. The van der Waals surface area contributed by atoms with Crippen LogP contribution < -0.4 is 0 Å². The molecule has 2 aromatic carbocycles. The van der Waals surface area contributed by atoms with Gasteiger partial charge in [-0.05, 0) is 61.1 Å². The molecule has 0 spiro atoms. The molecule has 0 aromatic heterocycles. The predicted octanol–water partition coefficient (Wildman–Crippen LogP) is 5.27. The topological polar surface area (TPSA) is 60.9 Å². The molecule has 0 N–H and O–H groups in total. The van der Waals surface area contributed by atoms with Crippen LogP contribution in [-0.2, 0) is 16.0 Å². The van der Waals surface area contributed by atoms with Crippen molar-refractivity contribution in [2.45, 2.75) is 51.5 Å². The van der Waals surface area contributed by atoms with E-state index in [-0.39, 0.29) is 35.6 Å². The van der Waals surface area contributed by atoms with Crippen LogP contribution >= 0.6 is 23.2 Å². The van der Waals surface area contributed by atoms with Gasteiger partial charge in [-0.3, -0.25) is 14.4 Å². The highest BCUT2D eigenvalue weighted by atomic mass is 35.5. The summed E-state index contributed by atoms with van der Waals surface area (Å²) in [6.07, 6.45) is 2.95. The zero-order valence-corrected chi connectivity index (χ0v) is 23.3. The number of benzene rings is 2. The predicted molar refractivity (Wildman–Crippen MR) is 147 cm³/mol. The van der Waals surface area contributed by atoms with Crippen molar-refractivity contribution in [1.82, 2.24) is 14.7 Å². The zero-order chi connectivity index (χ0) is 26.7. The Morgan fingerprint density at radius 1 is 0.919 bits per heavy atom. The van der Waals surface area contributed by atoms with Gasteiger partial charge in [0.25, 0.3) is 5.91 Å². The number of hydrogen-bond acceptors (Lipinski definition) is 3. The largest absolute Gasteiger partial charge is 0.343 e. The second kappa shape index (κ2) is 11.9. The first-order chi connectivity index (χ1) is 17.7. The Hall–Kier alpha value is -2.57. The van der Waals surface area contributed by atoms with Crippen LogP contribution in [0.3, 0.4) is 0 Å². The molecule has 2 aromatic rings. The molecule has 2 saturated heterocycles. The van der Waals surface area contributed by atoms with E-state index in [2.05, 4.69) is 6.92 Å². The molecule has 198 valence electrons. The Bertz CT molecular complexity index is 1150. The summed E-state index contributed by atoms with van der Waals surface area (Å²) in [6, 6.07) is 13.2. The van der Waals surface area contributed by atoms with Crippen molar-refractivity contribution in [3.63, 3.8) is 0 Å². The number of amides is 3. The van der Waals surface area contributed by atoms with Gasteiger partial charge >= 0.3 is 0 Å². The smallest absolute Gasteiger partial charge is 0.253 e. The molecule has 0 bridgehead atoms. The number of nitrogens with zero attached hydrogens (tertiary/aromatic N) is 3. The highest BCUT2D eigenvalue weighted by Crippen LogP contribution is 2.35. The van der Waals surface area contributed by atoms with Gasteiger partial charge in [-0.25, -0.2) is 0 Å². The minimum atomic E-state index is -0.103. The van der Waals surface area contributed by atoms with E-state index in [4.69, 9.17) is 23.2 Å². The molecule has 2 fully saturated rings. The van der Waals surface area contributed by atoms with E-state index in [9.17, 15) is 14.4 Å². The van der Waals surface area contributed by atoms with Crippen LogP contribution in [0.25, 0.3) is 0 Å². The number of piperidine rings is 2. The Labute approximate surface area is 229 Å². The normalized spacial score (nSPS) is 20.6. The second-order valence-electron chi connectivity index (χ2n) is 10.2. The lowest BCUT2D eigenvalue weighted by atomic mass is 9.83. The van der Waals surface area contributed by atoms with Crippen LogP contribution in [0.2, 0.25) is 10.0 Å². The van der Waals surface area contributed by atoms with Crippen LogP contribution in [0.4, 0.5) is 0 Å². The van der Waals surface area contributed by atoms with Gasteiger partial charge in [0.15, 0.2) is 0 Å². The molecule has 2 unspecified atom stereocenters. The summed E-state index contributed by atoms with van der Waals surface area (Å²) in [5.74, 6) is -0.0277. The minimum absolute atomic E-state index is 0.0332. The minimum Gasteiger partial charge on any atom is -0.343 e. The number of aryl methyl sites for hydroxylation is 1. The third-order valence-corrected chi connectivity index (χ3v) is 8.72. The summed E-state index contributed by atoms with van der Waals surface area (Å²) in [6.45, 7) is 5.98. The highest BCUT2D eigenvalue weighted by Gasteiger charge is 2.39. The second-order valence-corrected chi connectivity index (χ2v) is 11.0. The Morgan fingerprint density at radius 3 is 2.16 bits per heavy atom. The van der Waals surface area contributed by atoms with E-state index in [1.54, 1.807) is 13.0 Å². The first-order valence-electron chi connectivity index (χ1n) is 13.0. The van der Waals surface area contributed by atoms with Gasteiger partial charge in [0.05, 0.1) is 10.0 Å². The molecule has 6 nitrogen and oxygen atoms in total. The standard InChI is InChI=1S/C29H35Cl2N3O3/c1-4-20-5-7-21(8-6-20)28(36)32(3)27-13-16-34(18-24(27)23-9-10-25(30)26(31)17-23)29(37)22-11-14-33(15-12-22)19(2)35/h5-10,17,22,24,27H,4,11-16,18H2,1-3H3. The summed E-state index contributed by atoms with van der Waals surface area (Å²) >= 11 is 12.6. The van der Waals surface area contributed by atoms with E-state index in [0.29, 0.717) is 61.1 Å². The number of carbonyl (C=O) groups excluding carboxylic acids is 3. The average molecular weight is 545 g/mol. The lowest BCUT2D eigenvalue weighted by Gasteiger charge is -2.44. The van der Waals surface area contributed by atoms with E-state index in [1.165, 1.54) is 5.56 Å². The lowest BCUT2D eigenvalue weighted by molar-refractivity contribution is -0.141. The SMILES string of the molecule is CCc1ccc(C(=O)N(C)C2CCN(C(=O)C3CCN(C(C)=O)CC3)CC2c2ccc(Cl)c(Cl)c2)cc1. The van der Waals surface area contributed by atoms with Gasteiger partial charge in [0.2, 0.25) is 11.8 Å². The third kappa shape index (κ3) is 6.12. The molecule has 3 amide bonds. The van der Waals surface area contributed by atoms with Crippen molar-refractivity contribution in [3.8, 4) is 0 Å². The number of likely N-dealkylation sites (N-methyl/N-ethyl adjacent to an activating group) is 1. The summed E-state index contributed by atoms with van der Waals surface area (Å²) in [4.78, 5) is 44.2. The van der Waals surface area contributed by atoms with Gasteiger partial charge < -0.3 is 14.7 Å². The molecule has 37 heavy (non-hydrogen) atoms. The molecule has 2 aliphatic heterocycles. The summed E-state index contributed by atoms with van der Waals surface area (Å²) < 4.78 is 0. The fourth-order valence-corrected chi connectivity index (χ4v) is 5.92. The number of halogens is 2. The maximum absolute atomic E-state index is 13.5. The molecule has 2 heterocycles. The summed E-state index contributed by atoms with van der Waals surface area (Å²) in [7, 11) is 1.85. The Balaban J connectivity index is 1.55. The van der Waals surface area contributed by atoms with Crippen LogP contribution in [0.5, 0.6) is 0 Å². The molecule has 2 aliphatic rings. The van der Waals surface area contributed by atoms with E-state index < -0.39 is 0 Å². The van der Waals surface area contributed by atoms with Crippen molar-refractivity contribution >= 4 is 40.9 Å². The molecule has 4 rings (SSSR count). The van der Waals surface area contributed by atoms with Crippen molar-refractivity contribution in [1.29, 1.82) is 0 Å². The Kier molecular flexibility index (Phi) is 8.81. The summed E-state index contributed by atoms with van der Waals surface area (Å²) in [5, 5.41) is 0.936. The van der Waals surface area contributed by atoms with Crippen LogP contribution in [0.15, 0.2) is 42.5 Å². The van der Waals surface area contributed by atoms with Crippen molar-refractivity contribution < 1.29 is 14.4 Å². The van der Waals surface area contributed by atoms with Crippen LogP contribution in [0, 0.1) is 5.92 Å². The van der Waals surface area contributed by atoms with Gasteiger partial charge in [0, 0.05) is 63.6 Å². The Morgan fingerprint density at radius 2 is 1.57 bits per heavy atom. The van der Waals surface area contributed by atoms with Gasteiger partial charge in [-0.15, -0.1) is 0 Å². The van der Waals surface area contributed by atoms with Crippen LogP contribution in [-0.4, -0.2) is 71.7 Å². The average Bonchev–Trinajstić information content (AvgIpc) is 2.93. The molecule has 0 radical (unpaired) electrons. The molecular formula is C29H35Cl2N3O3. The van der Waals surface area contributed by atoms with Crippen molar-refractivity contribution in [2.24, 2.45) is 5.92 Å². The molecular weight excluding hydrogens is 509 g/mol. The number of rotatable bonds is 5.